The van der Waals surface area contributed by atoms with E-state index in [9.17, 15) is 4.79 Å². The van der Waals surface area contributed by atoms with Gasteiger partial charge in [0.1, 0.15) is 6.54 Å². The van der Waals surface area contributed by atoms with Crippen LogP contribution in [0.2, 0.25) is 5.02 Å². The fourth-order valence-corrected chi connectivity index (χ4v) is 4.31. The molecule has 1 amide bonds. The maximum atomic E-state index is 12.5. The van der Waals surface area contributed by atoms with E-state index in [-0.39, 0.29) is 11.7 Å². The standard InChI is InChI=1S/C23H20ClN3OS/c1-16-11-12-19(18(24)13-16)25-22(28)15-29-23-26-20-9-5-6-10-21(20)27(23)14-17-7-3-2-4-8-17/h2-13H,14-15H2,1H3,(H,25,28)/p+1. The van der Waals surface area contributed by atoms with E-state index < -0.39 is 0 Å². The van der Waals surface area contributed by atoms with Crippen LogP contribution in [-0.4, -0.2) is 16.6 Å². The summed E-state index contributed by atoms with van der Waals surface area (Å²) in [6.07, 6.45) is 0. The number of hydrogen-bond acceptors (Lipinski definition) is 2. The van der Waals surface area contributed by atoms with E-state index in [4.69, 9.17) is 11.6 Å². The molecule has 2 N–H and O–H groups in total. The zero-order valence-corrected chi connectivity index (χ0v) is 17.6. The fraction of sp³-hybridized carbons (Fsp3) is 0.130. The van der Waals surface area contributed by atoms with Gasteiger partial charge in [-0.15, -0.1) is 0 Å². The van der Waals surface area contributed by atoms with Crippen LogP contribution in [0.3, 0.4) is 0 Å². The minimum atomic E-state index is -0.0920. The topological polar surface area (TPSA) is 48.8 Å². The van der Waals surface area contributed by atoms with Crippen molar-refractivity contribution in [3.05, 3.63) is 88.9 Å². The molecule has 0 aliphatic carbocycles. The molecule has 3 aromatic carbocycles. The van der Waals surface area contributed by atoms with Crippen LogP contribution in [0, 0.1) is 6.92 Å². The highest BCUT2D eigenvalue weighted by Crippen LogP contribution is 2.24. The number of hydrogen-bond donors (Lipinski definition) is 2. The number of fused-ring (bicyclic) bond motifs is 1. The largest absolute Gasteiger partial charge is 0.324 e. The lowest BCUT2D eigenvalue weighted by molar-refractivity contribution is -0.700. The van der Waals surface area contributed by atoms with Gasteiger partial charge < -0.3 is 5.32 Å². The number of para-hydroxylation sites is 2. The van der Waals surface area contributed by atoms with E-state index in [0.717, 1.165) is 28.3 Å². The van der Waals surface area contributed by atoms with Gasteiger partial charge in [0, 0.05) is 0 Å². The van der Waals surface area contributed by atoms with Crippen molar-refractivity contribution in [2.24, 2.45) is 0 Å². The summed E-state index contributed by atoms with van der Waals surface area (Å²) in [5.41, 5.74) is 5.06. The number of nitrogens with zero attached hydrogens (tertiary/aromatic N) is 1. The van der Waals surface area contributed by atoms with Gasteiger partial charge in [-0.1, -0.05) is 60.1 Å². The van der Waals surface area contributed by atoms with E-state index in [1.807, 2.05) is 61.5 Å². The van der Waals surface area contributed by atoms with Gasteiger partial charge in [0.15, 0.2) is 11.0 Å². The summed E-state index contributed by atoms with van der Waals surface area (Å²) < 4.78 is 2.21. The Morgan fingerprint density at radius 2 is 1.83 bits per heavy atom. The van der Waals surface area contributed by atoms with Gasteiger partial charge >= 0.3 is 5.16 Å². The molecule has 0 saturated carbocycles. The molecule has 4 aromatic rings. The monoisotopic (exact) mass is 422 g/mol. The second kappa shape index (κ2) is 8.72. The molecule has 1 aromatic heterocycles. The van der Waals surface area contributed by atoms with E-state index in [0.29, 0.717) is 10.7 Å². The number of carbonyl (C=O) groups is 1. The normalized spacial score (nSPS) is 11.0. The van der Waals surface area contributed by atoms with E-state index in [2.05, 4.69) is 33.1 Å². The first-order valence-corrected chi connectivity index (χ1v) is 10.7. The van der Waals surface area contributed by atoms with Crippen LogP contribution in [-0.2, 0) is 11.3 Å². The number of carbonyl (C=O) groups excluding carboxylic acids is 1. The maximum Gasteiger partial charge on any atom is 0.317 e. The number of anilines is 1. The Labute approximate surface area is 178 Å². The molecule has 29 heavy (non-hydrogen) atoms. The molecule has 0 fully saturated rings. The van der Waals surface area contributed by atoms with E-state index in [1.165, 1.54) is 17.3 Å². The number of aromatic amines is 1. The Hall–Kier alpha value is -2.76. The molecule has 0 aliphatic heterocycles. The minimum absolute atomic E-state index is 0.0920. The van der Waals surface area contributed by atoms with Crippen LogP contribution in [0.4, 0.5) is 5.69 Å². The summed E-state index contributed by atoms with van der Waals surface area (Å²) in [5.74, 6) is 0.192. The molecule has 0 atom stereocenters. The second-order valence-electron chi connectivity index (χ2n) is 6.84. The lowest BCUT2D eigenvalue weighted by Crippen LogP contribution is -2.35. The van der Waals surface area contributed by atoms with E-state index in [1.54, 1.807) is 0 Å². The van der Waals surface area contributed by atoms with Crippen LogP contribution >= 0.6 is 23.4 Å². The molecule has 0 spiro atoms. The van der Waals surface area contributed by atoms with Gasteiger partial charge in [0.2, 0.25) is 5.91 Å². The average molecular weight is 423 g/mol. The third-order valence-electron chi connectivity index (χ3n) is 4.60. The number of amides is 1. The van der Waals surface area contributed by atoms with Gasteiger partial charge in [-0.25, -0.2) is 9.55 Å². The molecule has 6 heteroatoms. The highest BCUT2D eigenvalue weighted by Gasteiger charge is 2.20. The molecule has 0 bridgehead atoms. The first-order chi connectivity index (χ1) is 14.1. The minimum Gasteiger partial charge on any atom is -0.324 e. The summed E-state index contributed by atoms with van der Waals surface area (Å²) in [6.45, 7) is 2.70. The number of H-pyrrole nitrogens is 1. The molecular weight excluding hydrogens is 402 g/mol. The van der Waals surface area contributed by atoms with E-state index >= 15 is 0 Å². The van der Waals surface area contributed by atoms with Gasteiger partial charge in [0.05, 0.1) is 16.5 Å². The fourth-order valence-electron chi connectivity index (χ4n) is 3.19. The molecule has 4 nitrogen and oxygen atoms in total. The first kappa shape index (κ1) is 19.6. The molecule has 1 heterocycles. The van der Waals surface area contributed by atoms with Crippen molar-refractivity contribution in [1.82, 2.24) is 4.98 Å². The van der Waals surface area contributed by atoms with Crippen molar-refractivity contribution in [2.45, 2.75) is 18.6 Å². The van der Waals surface area contributed by atoms with Crippen molar-refractivity contribution in [3.8, 4) is 0 Å². The van der Waals surface area contributed by atoms with Crippen LogP contribution in [0.15, 0.2) is 78.0 Å². The number of thioether (sulfide) groups is 1. The summed E-state index contributed by atoms with van der Waals surface area (Å²) in [5, 5.41) is 4.39. The third kappa shape index (κ3) is 4.63. The Balaban J connectivity index is 1.52. The number of halogens is 1. The molecule has 146 valence electrons. The average Bonchev–Trinajstić information content (AvgIpc) is 3.07. The summed E-state index contributed by atoms with van der Waals surface area (Å²) >= 11 is 7.71. The lowest BCUT2D eigenvalue weighted by Gasteiger charge is -2.07. The van der Waals surface area contributed by atoms with Crippen molar-refractivity contribution < 1.29 is 9.36 Å². The predicted molar refractivity (Wildman–Crippen MR) is 120 cm³/mol. The molecular formula is C23H21ClN3OS+. The van der Waals surface area contributed by atoms with Gasteiger partial charge in [-0.05, 0) is 54.1 Å². The molecule has 0 aliphatic rings. The molecule has 0 unspecified atom stereocenters. The highest BCUT2D eigenvalue weighted by molar-refractivity contribution is 7.99. The van der Waals surface area contributed by atoms with Crippen LogP contribution < -0.4 is 9.88 Å². The summed E-state index contributed by atoms with van der Waals surface area (Å²) in [7, 11) is 0. The summed E-state index contributed by atoms with van der Waals surface area (Å²) in [6, 6.07) is 24.1. The Bertz CT molecular complexity index is 1160. The zero-order chi connectivity index (χ0) is 20.2. The summed E-state index contributed by atoms with van der Waals surface area (Å²) in [4.78, 5) is 15.9. The molecule has 4 rings (SSSR count). The zero-order valence-electron chi connectivity index (χ0n) is 16.0. The van der Waals surface area contributed by atoms with Crippen LogP contribution in [0.25, 0.3) is 11.0 Å². The number of benzene rings is 3. The van der Waals surface area contributed by atoms with Gasteiger partial charge in [0.25, 0.3) is 0 Å². The maximum absolute atomic E-state index is 12.5. The first-order valence-electron chi connectivity index (χ1n) is 9.33. The van der Waals surface area contributed by atoms with Crippen LogP contribution in [0.5, 0.6) is 0 Å². The van der Waals surface area contributed by atoms with Crippen molar-refractivity contribution in [2.75, 3.05) is 11.1 Å². The van der Waals surface area contributed by atoms with Gasteiger partial charge in [-0.2, -0.15) is 0 Å². The number of nitrogens with one attached hydrogen (secondary N) is 2. The number of aryl methyl sites for hydroxylation is 1. The number of imidazole rings is 1. The van der Waals surface area contributed by atoms with Crippen molar-refractivity contribution in [3.63, 3.8) is 0 Å². The Kier molecular flexibility index (Phi) is 5.88. The molecule has 0 radical (unpaired) electrons. The quantitative estimate of drug-likeness (QED) is 0.331. The Morgan fingerprint density at radius 1 is 1.07 bits per heavy atom. The predicted octanol–water partition coefficient (Wildman–Crippen LogP) is 5.20. The van der Waals surface area contributed by atoms with Crippen molar-refractivity contribution in [1.29, 1.82) is 0 Å². The second-order valence-corrected chi connectivity index (χ2v) is 8.21. The number of aromatic nitrogens is 2. The van der Waals surface area contributed by atoms with Gasteiger partial charge in [-0.3, -0.25) is 4.79 Å². The smallest absolute Gasteiger partial charge is 0.317 e. The SMILES string of the molecule is Cc1ccc(NC(=O)CSc2[nH]c3ccccc3[n+]2Cc2ccccc2)c(Cl)c1. The highest BCUT2D eigenvalue weighted by atomic mass is 35.5. The Morgan fingerprint density at radius 3 is 2.62 bits per heavy atom. The number of rotatable bonds is 6. The lowest BCUT2D eigenvalue weighted by atomic mass is 10.2. The third-order valence-corrected chi connectivity index (χ3v) is 5.92. The molecule has 0 saturated heterocycles. The van der Waals surface area contributed by atoms with Crippen molar-refractivity contribution >= 4 is 46.0 Å². The van der Waals surface area contributed by atoms with Crippen LogP contribution in [0.1, 0.15) is 11.1 Å².